The number of aromatic nitrogens is 3. The molecule has 1 aliphatic heterocycles. The first-order valence-corrected chi connectivity index (χ1v) is 8.10. The predicted octanol–water partition coefficient (Wildman–Crippen LogP) is 2.39. The fourth-order valence-corrected chi connectivity index (χ4v) is 3.94. The molecule has 4 rings (SSSR count). The van der Waals surface area contributed by atoms with Crippen molar-refractivity contribution in [3.8, 4) is 6.07 Å². The van der Waals surface area contributed by atoms with E-state index in [0.29, 0.717) is 16.8 Å². The van der Waals surface area contributed by atoms with Crippen molar-refractivity contribution in [2.75, 3.05) is 11.4 Å². The molecule has 112 valence electrons. The Morgan fingerprint density at radius 1 is 1.50 bits per heavy atom. The maximum atomic E-state index is 13.0. The van der Waals surface area contributed by atoms with Crippen LogP contribution in [-0.4, -0.2) is 27.0 Å². The van der Waals surface area contributed by atoms with Gasteiger partial charge in [0.25, 0.3) is 0 Å². The van der Waals surface area contributed by atoms with Gasteiger partial charge in [0.1, 0.15) is 10.0 Å². The first kappa shape index (κ1) is 13.7. The summed E-state index contributed by atoms with van der Waals surface area (Å²) in [5.74, 6) is 0.135. The number of hydrogen-bond acceptors (Lipinski definition) is 4. The molecule has 0 aromatic carbocycles. The van der Waals surface area contributed by atoms with Crippen LogP contribution in [-0.2, 0) is 4.79 Å². The number of anilines is 1. The third-order valence-electron chi connectivity index (χ3n) is 4.84. The van der Waals surface area contributed by atoms with Crippen LogP contribution in [0.2, 0.25) is 0 Å². The van der Waals surface area contributed by atoms with Crippen molar-refractivity contribution in [1.82, 2.24) is 14.6 Å². The van der Waals surface area contributed by atoms with Crippen LogP contribution in [0.1, 0.15) is 19.8 Å². The van der Waals surface area contributed by atoms with E-state index in [0.717, 1.165) is 18.5 Å². The van der Waals surface area contributed by atoms with Gasteiger partial charge in [0.15, 0.2) is 5.65 Å². The molecule has 1 aliphatic carbocycles. The zero-order valence-electron chi connectivity index (χ0n) is 12.0. The fourth-order valence-electron chi connectivity index (χ4n) is 3.57. The number of amides is 1. The van der Waals surface area contributed by atoms with Gasteiger partial charge in [-0.15, -0.1) is 0 Å². The van der Waals surface area contributed by atoms with Crippen molar-refractivity contribution in [1.29, 1.82) is 5.26 Å². The highest BCUT2D eigenvalue weighted by Gasteiger charge is 2.61. The second-order valence-electron chi connectivity index (χ2n) is 6.12. The summed E-state index contributed by atoms with van der Waals surface area (Å²) in [5.41, 5.74) is 0.471. The fraction of sp³-hybridized carbons (Fsp3) is 0.467. The molecule has 1 saturated heterocycles. The minimum Gasteiger partial charge on any atom is -0.307 e. The van der Waals surface area contributed by atoms with E-state index in [9.17, 15) is 10.1 Å². The standard InChI is InChI=1S/C15H14BrN5O/c1-9-6-20(14(22)15(9,8-17)10-2-3-10)11-4-5-18-21-7-12(16)19-13(11)21/h4-5,7,9-10H,2-3,6H2,1H3/t9-,15+/m1/s1. The zero-order valence-corrected chi connectivity index (χ0v) is 13.6. The second kappa shape index (κ2) is 4.53. The first-order valence-electron chi connectivity index (χ1n) is 7.31. The molecule has 0 bridgehead atoms. The Morgan fingerprint density at radius 2 is 2.27 bits per heavy atom. The van der Waals surface area contributed by atoms with Gasteiger partial charge in [0, 0.05) is 12.5 Å². The molecule has 2 aliphatic rings. The van der Waals surface area contributed by atoms with Crippen LogP contribution in [0.5, 0.6) is 0 Å². The zero-order chi connectivity index (χ0) is 15.5. The monoisotopic (exact) mass is 359 g/mol. The largest absolute Gasteiger partial charge is 0.307 e. The van der Waals surface area contributed by atoms with Crippen molar-refractivity contribution in [3.05, 3.63) is 23.1 Å². The molecule has 3 heterocycles. The van der Waals surface area contributed by atoms with Gasteiger partial charge < -0.3 is 4.90 Å². The summed E-state index contributed by atoms with van der Waals surface area (Å²) in [6.45, 7) is 2.55. The van der Waals surface area contributed by atoms with Crippen LogP contribution in [0.25, 0.3) is 5.65 Å². The molecule has 6 nitrogen and oxygen atoms in total. The third-order valence-corrected chi connectivity index (χ3v) is 5.22. The number of imidazole rings is 1. The topological polar surface area (TPSA) is 74.3 Å². The molecule has 7 heteroatoms. The Morgan fingerprint density at radius 3 is 2.95 bits per heavy atom. The summed E-state index contributed by atoms with van der Waals surface area (Å²) in [6, 6.07) is 4.14. The maximum absolute atomic E-state index is 13.0. The van der Waals surface area contributed by atoms with Gasteiger partial charge >= 0.3 is 0 Å². The Kier molecular flexibility index (Phi) is 2.82. The van der Waals surface area contributed by atoms with Crippen molar-refractivity contribution in [2.45, 2.75) is 19.8 Å². The molecule has 0 N–H and O–H groups in total. The summed E-state index contributed by atoms with van der Waals surface area (Å²) in [6.07, 6.45) is 5.34. The Hall–Kier alpha value is -1.94. The molecule has 1 saturated carbocycles. The van der Waals surface area contributed by atoms with Crippen LogP contribution >= 0.6 is 15.9 Å². The highest BCUT2D eigenvalue weighted by Crippen LogP contribution is 2.54. The van der Waals surface area contributed by atoms with Crippen molar-refractivity contribution in [3.63, 3.8) is 0 Å². The van der Waals surface area contributed by atoms with Crippen LogP contribution in [0.15, 0.2) is 23.1 Å². The van der Waals surface area contributed by atoms with Crippen LogP contribution < -0.4 is 4.90 Å². The number of halogens is 1. The normalized spacial score (nSPS) is 28.3. The van der Waals surface area contributed by atoms with Crippen molar-refractivity contribution in [2.24, 2.45) is 17.3 Å². The van der Waals surface area contributed by atoms with E-state index >= 15 is 0 Å². The van der Waals surface area contributed by atoms with Crippen molar-refractivity contribution < 1.29 is 4.79 Å². The molecule has 22 heavy (non-hydrogen) atoms. The minimum absolute atomic E-state index is 0.0177. The lowest BCUT2D eigenvalue weighted by atomic mass is 9.75. The van der Waals surface area contributed by atoms with E-state index < -0.39 is 5.41 Å². The number of fused-ring (bicyclic) bond motifs is 1. The Balaban J connectivity index is 1.83. The molecule has 0 radical (unpaired) electrons. The van der Waals surface area contributed by atoms with Gasteiger partial charge in [-0.2, -0.15) is 10.4 Å². The molecular weight excluding hydrogens is 346 g/mol. The number of hydrogen-bond donors (Lipinski definition) is 0. The Bertz CT molecular complexity index is 821. The number of carbonyl (C=O) groups is 1. The number of nitriles is 1. The summed E-state index contributed by atoms with van der Waals surface area (Å²) < 4.78 is 2.31. The van der Waals surface area contributed by atoms with E-state index in [2.05, 4.69) is 32.1 Å². The summed E-state index contributed by atoms with van der Waals surface area (Å²) >= 11 is 3.34. The molecule has 0 unspecified atom stereocenters. The summed E-state index contributed by atoms with van der Waals surface area (Å²) in [4.78, 5) is 19.1. The highest BCUT2D eigenvalue weighted by molar-refractivity contribution is 9.10. The van der Waals surface area contributed by atoms with Gasteiger partial charge in [0.2, 0.25) is 5.91 Å². The predicted molar refractivity (Wildman–Crippen MR) is 83.0 cm³/mol. The van der Waals surface area contributed by atoms with E-state index in [1.165, 1.54) is 0 Å². The Labute approximate surface area is 135 Å². The number of nitrogens with zero attached hydrogens (tertiary/aromatic N) is 5. The summed E-state index contributed by atoms with van der Waals surface area (Å²) in [5, 5.41) is 13.9. The minimum atomic E-state index is -0.871. The molecule has 2 fully saturated rings. The lowest BCUT2D eigenvalue weighted by Gasteiger charge is -2.23. The molecule has 2 aromatic heterocycles. The van der Waals surface area contributed by atoms with Gasteiger partial charge in [-0.05, 0) is 40.8 Å². The van der Waals surface area contributed by atoms with Gasteiger partial charge in [-0.1, -0.05) is 6.92 Å². The SMILES string of the molecule is C[C@@H]1CN(c2ccnn3cc(Br)nc23)C(=O)[C@]1(C#N)C1CC1. The first-order chi connectivity index (χ1) is 10.6. The van der Waals surface area contributed by atoms with Crippen LogP contribution in [0.3, 0.4) is 0 Å². The van der Waals surface area contributed by atoms with E-state index in [1.54, 1.807) is 27.9 Å². The molecule has 0 spiro atoms. The average Bonchev–Trinajstić information content (AvgIpc) is 3.21. The van der Waals surface area contributed by atoms with Crippen LogP contribution in [0, 0.1) is 28.6 Å². The molecular formula is C15H14BrN5O. The highest BCUT2D eigenvalue weighted by atomic mass is 79.9. The average molecular weight is 360 g/mol. The van der Waals surface area contributed by atoms with E-state index in [4.69, 9.17) is 0 Å². The smallest absolute Gasteiger partial charge is 0.248 e. The van der Waals surface area contributed by atoms with E-state index in [-0.39, 0.29) is 17.7 Å². The number of carbonyl (C=O) groups excluding carboxylic acids is 1. The maximum Gasteiger partial charge on any atom is 0.248 e. The van der Waals surface area contributed by atoms with E-state index in [1.807, 2.05) is 6.92 Å². The number of rotatable bonds is 2. The van der Waals surface area contributed by atoms with Gasteiger partial charge in [-0.3, -0.25) is 4.79 Å². The second-order valence-corrected chi connectivity index (χ2v) is 6.93. The lowest BCUT2D eigenvalue weighted by molar-refractivity contribution is -0.124. The molecule has 1 amide bonds. The molecule has 2 atom stereocenters. The lowest BCUT2D eigenvalue weighted by Crippen LogP contribution is -2.37. The van der Waals surface area contributed by atoms with Crippen LogP contribution in [0.4, 0.5) is 5.69 Å². The summed E-state index contributed by atoms with van der Waals surface area (Å²) in [7, 11) is 0. The third kappa shape index (κ3) is 1.67. The van der Waals surface area contributed by atoms with Gasteiger partial charge in [-0.25, -0.2) is 9.50 Å². The van der Waals surface area contributed by atoms with Gasteiger partial charge in [0.05, 0.1) is 24.2 Å². The quantitative estimate of drug-likeness (QED) is 0.824. The van der Waals surface area contributed by atoms with Crippen molar-refractivity contribution >= 4 is 33.2 Å². The molecule has 2 aromatic rings.